The Morgan fingerprint density at radius 1 is 0.234 bits per heavy atom. The fourth-order valence-corrected chi connectivity index (χ4v) is 13.9. The first-order valence-corrected chi connectivity index (χ1v) is 26.6. The van der Waals surface area contributed by atoms with E-state index < -0.39 is 10.8 Å². The summed E-state index contributed by atoms with van der Waals surface area (Å²) in [6.45, 7) is 0. The zero-order chi connectivity index (χ0) is 50.7. The summed E-state index contributed by atoms with van der Waals surface area (Å²) < 4.78 is 13.5. The second-order valence-corrected chi connectivity index (χ2v) is 20.5. The van der Waals surface area contributed by atoms with E-state index in [-0.39, 0.29) is 0 Å². The average Bonchev–Trinajstić information content (AvgIpc) is 4.07. The molecule has 77 heavy (non-hydrogen) atoms. The van der Waals surface area contributed by atoms with E-state index >= 15 is 0 Å². The van der Waals surface area contributed by atoms with Crippen LogP contribution in [0.5, 0.6) is 23.0 Å². The number of ether oxygens (including phenoxy) is 2. The van der Waals surface area contributed by atoms with Crippen LogP contribution in [-0.4, -0.2) is 0 Å². The zero-order valence-electron chi connectivity index (χ0n) is 41.9. The van der Waals surface area contributed by atoms with Gasteiger partial charge in [-0.3, -0.25) is 0 Å². The summed E-state index contributed by atoms with van der Waals surface area (Å²) in [4.78, 5) is 2.52. The molecule has 0 saturated carbocycles. The van der Waals surface area contributed by atoms with Crippen molar-refractivity contribution in [1.29, 1.82) is 0 Å². The third-order valence-corrected chi connectivity index (χ3v) is 16.8. The van der Waals surface area contributed by atoms with Crippen LogP contribution in [0.25, 0.3) is 55.6 Å². The number of hydrogen-bond acceptors (Lipinski definition) is 3. The van der Waals surface area contributed by atoms with Crippen molar-refractivity contribution < 1.29 is 9.47 Å². The Morgan fingerprint density at radius 2 is 0.558 bits per heavy atom. The van der Waals surface area contributed by atoms with Gasteiger partial charge in [-0.15, -0.1) is 0 Å². The Hall–Kier alpha value is -9.96. The first-order valence-electron chi connectivity index (χ1n) is 26.6. The van der Waals surface area contributed by atoms with Crippen LogP contribution >= 0.6 is 0 Å². The Labute approximate surface area is 448 Å². The van der Waals surface area contributed by atoms with E-state index in [0.717, 1.165) is 84.6 Å². The van der Waals surface area contributed by atoms with Crippen molar-refractivity contribution in [1.82, 2.24) is 0 Å². The molecular formula is C74H47NO2. The van der Waals surface area contributed by atoms with Gasteiger partial charge in [0.05, 0.1) is 22.2 Å². The predicted molar refractivity (Wildman–Crippen MR) is 312 cm³/mol. The molecule has 3 heteroatoms. The van der Waals surface area contributed by atoms with Crippen molar-refractivity contribution in [2.75, 3.05) is 4.90 Å². The Morgan fingerprint density at radius 3 is 1.01 bits per heavy atom. The second kappa shape index (κ2) is 16.8. The molecule has 3 nitrogen and oxygen atoms in total. The van der Waals surface area contributed by atoms with Crippen molar-refractivity contribution in [3.05, 3.63) is 330 Å². The van der Waals surface area contributed by atoms with Crippen molar-refractivity contribution in [2.45, 2.75) is 10.8 Å². The molecule has 2 aliphatic carbocycles. The lowest BCUT2D eigenvalue weighted by Gasteiger charge is -2.39. The number of anilines is 3. The van der Waals surface area contributed by atoms with Crippen molar-refractivity contribution in [3.63, 3.8) is 0 Å². The molecule has 12 aromatic carbocycles. The topological polar surface area (TPSA) is 21.7 Å². The summed E-state index contributed by atoms with van der Waals surface area (Å²) in [5.41, 5.74) is 23.4. The lowest BCUT2D eigenvalue weighted by atomic mass is 9.66. The second-order valence-electron chi connectivity index (χ2n) is 20.5. The smallest absolute Gasteiger partial charge is 0.132 e. The van der Waals surface area contributed by atoms with E-state index in [0.29, 0.717) is 0 Å². The summed E-state index contributed by atoms with van der Waals surface area (Å²) in [5.74, 6) is 3.53. The summed E-state index contributed by atoms with van der Waals surface area (Å²) in [7, 11) is 0. The molecule has 0 saturated heterocycles. The van der Waals surface area contributed by atoms with Crippen LogP contribution in [0.2, 0.25) is 0 Å². The third-order valence-electron chi connectivity index (χ3n) is 16.8. The van der Waals surface area contributed by atoms with E-state index in [4.69, 9.17) is 9.47 Å². The van der Waals surface area contributed by atoms with E-state index in [1.165, 1.54) is 55.6 Å². The van der Waals surface area contributed by atoms with Crippen LogP contribution in [0.15, 0.2) is 285 Å². The summed E-state index contributed by atoms with van der Waals surface area (Å²) in [6, 6.07) is 104. The number of fused-ring (bicyclic) bond motifs is 18. The highest BCUT2D eigenvalue weighted by molar-refractivity contribution is 6.04. The molecule has 0 N–H and O–H groups in total. The molecule has 0 radical (unpaired) electrons. The number of benzene rings is 12. The molecule has 12 aromatic rings. The molecule has 0 fully saturated rings. The Balaban J connectivity index is 0.961. The molecule has 360 valence electrons. The highest BCUT2D eigenvalue weighted by atomic mass is 16.5. The van der Waals surface area contributed by atoms with E-state index in [1.807, 2.05) is 0 Å². The van der Waals surface area contributed by atoms with E-state index in [2.05, 4.69) is 290 Å². The van der Waals surface area contributed by atoms with Gasteiger partial charge < -0.3 is 14.4 Å². The minimum absolute atomic E-state index is 0.606. The molecule has 0 unspecified atom stereocenters. The van der Waals surface area contributed by atoms with Gasteiger partial charge in [0, 0.05) is 39.1 Å². The van der Waals surface area contributed by atoms with Crippen molar-refractivity contribution in [3.8, 4) is 78.6 Å². The van der Waals surface area contributed by atoms with Crippen LogP contribution in [0.4, 0.5) is 17.1 Å². The van der Waals surface area contributed by atoms with Crippen LogP contribution in [-0.2, 0) is 10.8 Å². The number of para-hydroxylation sites is 6. The highest BCUT2D eigenvalue weighted by Crippen LogP contribution is 2.66. The summed E-state index contributed by atoms with van der Waals surface area (Å²) >= 11 is 0. The van der Waals surface area contributed by atoms with Gasteiger partial charge in [0.25, 0.3) is 0 Å². The minimum Gasteiger partial charge on any atom is -0.457 e. The van der Waals surface area contributed by atoms with Gasteiger partial charge in [-0.25, -0.2) is 0 Å². The van der Waals surface area contributed by atoms with Crippen molar-refractivity contribution >= 4 is 17.1 Å². The molecule has 0 atom stereocenters. The van der Waals surface area contributed by atoms with Gasteiger partial charge in [-0.05, 0) is 115 Å². The fourth-order valence-electron chi connectivity index (χ4n) is 13.9. The summed E-state index contributed by atoms with van der Waals surface area (Å²) in [6.07, 6.45) is 0. The first kappa shape index (κ1) is 43.4. The van der Waals surface area contributed by atoms with Crippen molar-refractivity contribution in [2.24, 2.45) is 0 Å². The predicted octanol–water partition coefficient (Wildman–Crippen LogP) is 19.1. The van der Waals surface area contributed by atoms with Gasteiger partial charge in [0.2, 0.25) is 0 Å². The van der Waals surface area contributed by atoms with Gasteiger partial charge in [-0.2, -0.15) is 0 Å². The summed E-state index contributed by atoms with van der Waals surface area (Å²) in [5, 5.41) is 0. The zero-order valence-corrected chi connectivity index (χ0v) is 41.9. The Kier molecular flexibility index (Phi) is 9.47. The standard InChI is InChI=1S/C74H47NO2/c1-2-23-48(24-3-1)49-25-20-26-50(47-49)75(65-41-14-6-27-51(65)53-31-21-39-63-71(53)55-29-4-8-33-57(55)73(63)59-35-10-16-43-67(59)76-68-44-17-11-36-60(68)73)66-42-15-7-28-52(66)54-32-22-40-64-72(54)56-30-5-9-34-58(56)74(64)61-37-12-18-45-69(61)77-70-46-19-13-38-62(70)74/h1-47H. The van der Waals surface area contributed by atoms with Gasteiger partial charge in [0.15, 0.2) is 0 Å². The maximum absolute atomic E-state index is 6.75. The fraction of sp³-hybridized carbons (Fsp3) is 0.0270. The molecule has 2 spiro atoms. The monoisotopic (exact) mass is 981 g/mol. The first-order chi connectivity index (χ1) is 38.2. The lowest BCUT2D eigenvalue weighted by molar-refractivity contribution is 0.436. The number of rotatable bonds is 6. The average molecular weight is 982 g/mol. The largest absolute Gasteiger partial charge is 0.457 e. The molecule has 2 aliphatic heterocycles. The van der Waals surface area contributed by atoms with Crippen LogP contribution < -0.4 is 14.4 Å². The maximum Gasteiger partial charge on any atom is 0.132 e. The van der Waals surface area contributed by atoms with Gasteiger partial charge in [0.1, 0.15) is 23.0 Å². The lowest BCUT2D eigenvalue weighted by Crippen LogP contribution is -2.32. The molecule has 4 aliphatic rings. The normalized spacial score (nSPS) is 13.9. The Bertz CT molecular complexity index is 4050. The van der Waals surface area contributed by atoms with E-state index in [1.54, 1.807) is 0 Å². The SMILES string of the molecule is c1ccc(-c2cccc(N(c3ccccc3-c3cccc4c3-c3ccccc3C43c4ccccc4Oc4ccccc43)c3ccccc3-c3cccc4c3-c3ccccc3C43c4ccccc4Oc4ccccc43)c2)cc1. The highest BCUT2D eigenvalue weighted by Gasteiger charge is 2.53. The molecule has 2 heterocycles. The number of hydrogen-bond donors (Lipinski definition) is 0. The van der Waals surface area contributed by atoms with Crippen LogP contribution in [0, 0.1) is 0 Å². The molecular weight excluding hydrogens is 935 g/mol. The molecule has 0 amide bonds. The quantitative estimate of drug-likeness (QED) is 0.166. The van der Waals surface area contributed by atoms with Crippen LogP contribution in [0.1, 0.15) is 44.5 Å². The minimum atomic E-state index is -0.606. The maximum atomic E-state index is 6.75. The molecule has 16 rings (SSSR count). The molecule has 0 aromatic heterocycles. The van der Waals surface area contributed by atoms with Gasteiger partial charge >= 0.3 is 0 Å². The van der Waals surface area contributed by atoms with Crippen LogP contribution in [0.3, 0.4) is 0 Å². The van der Waals surface area contributed by atoms with Gasteiger partial charge in [-0.1, -0.05) is 237 Å². The van der Waals surface area contributed by atoms with E-state index in [9.17, 15) is 0 Å². The third kappa shape index (κ3) is 6.02. The molecule has 0 bridgehead atoms. The number of nitrogens with zero attached hydrogens (tertiary/aromatic N) is 1.